The third kappa shape index (κ3) is 5.07. The fourth-order valence-electron chi connectivity index (χ4n) is 1.82. The molecule has 0 aliphatic rings. The number of hydrogen-bond donors (Lipinski definition) is 2. The molecule has 2 unspecified atom stereocenters. The van der Waals surface area contributed by atoms with Crippen molar-refractivity contribution in [1.29, 1.82) is 0 Å². The van der Waals surface area contributed by atoms with Crippen LogP contribution < -0.4 is 11.1 Å². The van der Waals surface area contributed by atoms with Gasteiger partial charge in [-0.05, 0) is 37.5 Å². The predicted molar refractivity (Wildman–Crippen MR) is 75.6 cm³/mol. The topological polar surface area (TPSA) is 55.1 Å². The molecule has 18 heavy (non-hydrogen) atoms. The van der Waals surface area contributed by atoms with Gasteiger partial charge in [0.1, 0.15) is 0 Å². The summed E-state index contributed by atoms with van der Waals surface area (Å²) in [5.41, 5.74) is 6.91. The number of carbonyl (C=O) groups is 1. The highest BCUT2D eigenvalue weighted by atomic mass is 35.5. The number of carbonyl (C=O) groups excluding carboxylic acids is 1. The molecule has 0 saturated heterocycles. The minimum Gasteiger partial charge on any atom is -0.352 e. The smallest absolute Gasteiger partial charge is 0.237 e. The van der Waals surface area contributed by atoms with Crippen LogP contribution in [0, 0.1) is 0 Å². The summed E-state index contributed by atoms with van der Waals surface area (Å²) in [6.45, 7) is 4.00. The number of benzene rings is 1. The van der Waals surface area contributed by atoms with Gasteiger partial charge in [0, 0.05) is 11.1 Å². The zero-order valence-corrected chi connectivity index (χ0v) is 11.7. The highest BCUT2D eigenvalue weighted by Crippen LogP contribution is 2.11. The molecule has 0 saturated carbocycles. The van der Waals surface area contributed by atoms with E-state index in [0.29, 0.717) is 0 Å². The van der Waals surface area contributed by atoms with Gasteiger partial charge in [0.2, 0.25) is 5.91 Å². The summed E-state index contributed by atoms with van der Waals surface area (Å²) >= 11 is 5.82. The lowest BCUT2D eigenvalue weighted by Gasteiger charge is -2.17. The molecule has 0 fully saturated rings. The second kappa shape index (κ2) is 7.39. The highest BCUT2D eigenvalue weighted by molar-refractivity contribution is 6.30. The van der Waals surface area contributed by atoms with E-state index in [9.17, 15) is 4.79 Å². The van der Waals surface area contributed by atoms with Gasteiger partial charge in [-0.3, -0.25) is 4.79 Å². The zero-order valence-electron chi connectivity index (χ0n) is 10.9. The Balaban J connectivity index is 2.43. The van der Waals surface area contributed by atoms with Gasteiger partial charge < -0.3 is 11.1 Å². The number of rotatable bonds is 6. The molecule has 1 amide bonds. The zero-order chi connectivity index (χ0) is 13.5. The van der Waals surface area contributed by atoms with Crippen molar-refractivity contribution in [2.24, 2.45) is 5.73 Å². The van der Waals surface area contributed by atoms with Crippen molar-refractivity contribution < 1.29 is 4.79 Å². The molecular formula is C14H21ClN2O. The van der Waals surface area contributed by atoms with Crippen LogP contribution in [0.1, 0.15) is 32.3 Å². The van der Waals surface area contributed by atoms with Crippen molar-refractivity contribution in [3.05, 3.63) is 34.9 Å². The lowest BCUT2D eigenvalue weighted by Crippen LogP contribution is -2.45. The van der Waals surface area contributed by atoms with Crippen LogP contribution in [-0.4, -0.2) is 18.0 Å². The van der Waals surface area contributed by atoms with Gasteiger partial charge in [-0.25, -0.2) is 0 Å². The van der Waals surface area contributed by atoms with Crippen molar-refractivity contribution in [3.8, 4) is 0 Å². The normalized spacial score (nSPS) is 14.0. The summed E-state index contributed by atoms with van der Waals surface area (Å²) in [5, 5.41) is 3.65. The van der Waals surface area contributed by atoms with E-state index in [1.807, 2.05) is 38.1 Å². The quantitative estimate of drug-likeness (QED) is 0.833. The molecule has 0 radical (unpaired) electrons. The molecule has 2 atom stereocenters. The summed E-state index contributed by atoms with van der Waals surface area (Å²) in [5.74, 6) is -0.0710. The Kier molecular flexibility index (Phi) is 6.16. The lowest BCUT2D eigenvalue weighted by molar-refractivity contribution is -0.123. The first-order valence-electron chi connectivity index (χ1n) is 6.33. The minimum absolute atomic E-state index is 0.0709. The molecular weight excluding hydrogens is 248 g/mol. The monoisotopic (exact) mass is 268 g/mol. The fraction of sp³-hybridized carbons (Fsp3) is 0.500. The van der Waals surface area contributed by atoms with Crippen LogP contribution in [0.15, 0.2) is 24.3 Å². The number of hydrogen-bond acceptors (Lipinski definition) is 2. The van der Waals surface area contributed by atoms with Crippen molar-refractivity contribution in [2.45, 2.75) is 45.2 Å². The van der Waals surface area contributed by atoms with E-state index in [-0.39, 0.29) is 11.9 Å². The second-order valence-corrected chi connectivity index (χ2v) is 5.07. The first-order chi connectivity index (χ1) is 8.52. The summed E-state index contributed by atoms with van der Waals surface area (Å²) < 4.78 is 0. The average Bonchev–Trinajstić information content (AvgIpc) is 2.32. The van der Waals surface area contributed by atoms with E-state index in [1.165, 1.54) is 0 Å². The number of halogens is 1. The van der Waals surface area contributed by atoms with Crippen molar-refractivity contribution in [1.82, 2.24) is 5.32 Å². The summed E-state index contributed by atoms with van der Waals surface area (Å²) in [6.07, 6.45) is 2.42. The molecule has 0 spiro atoms. The third-order valence-electron chi connectivity index (χ3n) is 2.78. The van der Waals surface area contributed by atoms with Gasteiger partial charge in [-0.1, -0.05) is 37.1 Å². The average molecular weight is 269 g/mol. The molecule has 1 rings (SSSR count). The van der Waals surface area contributed by atoms with Crippen LogP contribution in [0.5, 0.6) is 0 Å². The van der Waals surface area contributed by atoms with E-state index in [4.69, 9.17) is 17.3 Å². The minimum atomic E-state index is -0.400. The predicted octanol–water partition coefficient (Wildman–Crippen LogP) is 2.51. The van der Waals surface area contributed by atoms with Crippen molar-refractivity contribution in [2.75, 3.05) is 0 Å². The molecule has 0 aliphatic heterocycles. The summed E-state index contributed by atoms with van der Waals surface area (Å²) in [6, 6.07) is 7.32. The number of amides is 1. The highest BCUT2D eigenvalue weighted by Gasteiger charge is 2.14. The van der Waals surface area contributed by atoms with Gasteiger partial charge in [0.05, 0.1) is 6.04 Å². The molecule has 0 bridgehead atoms. The molecule has 3 nitrogen and oxygen atoms in total. The first kappa shape index (κ1) is 15.0. The summed E-state index contributed by atoms with van der Waals surface area (Å²) in [4.78, 5) is 11.7. The number of nitrogens with one attached hydrogen (secondary N) is 1. The van der Waals surface area contributed by atoms with Crippen LogP contribution in [0.2, 0.25) is 5.02 Å². The Bertz CT molecular complexity index is 378. The molecule has 3 N–H and O–H groups in total. The van der Waals surface area contributed by atoms with Crippen LogP contribution in [0.4, 0.5) is 0 Å². The molecule has 100 valence electrons. The largest absolute Gasteiger partial charge is 0.352 e. The van der Waals surface area contributed by atoms with E-state index in [0.717, 1.165) is 29.8 Å². The Hall–Kier alpha value is -1.06. The molecule has 4 heteroatoms. The molecule has 1 aromatic carbocycles. The Labute approximate surface area is 114 Å². The Morgan fingerprint density at radius 2 is 2.00 bits per heavy atom. The van der Waals surface area contributed by atoms with Crippen molar-refractivity contribution in [3.63, 3.8) is 0 Å². The van der Waals surface area contributed by atoms with Crippen LogP contribution >= 0.6 is 11.6 Å². The van der Waals surface area contributed by atoms with Crippen LogP contribution in [-0.2, 0) is 11.2 Å². The van der Waals surface area contributed by atoms with Crippen molar-refractivity contribution >= 4 is 17.5 Å². The maximum absolute atomic E-state index is 11.7. The molecule has 0 aromatic heterocycles. The summed E-state index contributed by atoms with van der Waals surface area (Å²) in [7, 11) is 0. The molecule has 0 aliphatic carbocycles. The Morgan fingerprint density at radius 1 is 1.39 bits per heavy atom. The van der Waals surface area contributed by atoms with Gasteiger partial charge in [-0.2, -0.15) is 0 Å². The molecule has 0 heterocycles. The van der Waals surface area contributed by atoms with Gasteiger partial charge in [-0.15, -0.1) is 0 Å². The van der Waals surface area contributed by atoms with E-state index >= 15 is 0 Å². The van der Waals surface area contributed by atoms with Crippen LogP contribution in [0.3, 0.4) is 0 Å². The SMILES string of the molecule is CCCC(N)C(=O)NC(C)Cc1ccc(Cl)cc1. The second-order valence-electron chi connectivity index (χ2n) is 4.64. The number of nitrogens with two attached hydrogens (primary N) is 1. The first-order valence-corrected chi connectivity index (χ1v) is 6.71. The molecule has 1 aromatic rings. The van der Waals surface area contributed by atoms with E-state index in [2.05, 4.69) is 5.32 Å². The Morgan fingerprint density at radius 3 is 2.56 bits per heavy atom. The third-order valence-corrected chi connectivity index (χ3v) is 3.03. The van der Waals surface area contributed by atoms with Gasteiger partial charge >= 0.3 is 0 Å². The van der Waals surface area contributed by atoms with E-state index in [1.54, 1.807) is 0 Å². The van der Waals surface area contributed by atoms with Crippen LogP contribution in [0.25, 0.3) is 0 Å². The standard InChI is InChI=1S/C14H21ClN2O/c1-3-4-13(16)14(18)17-10(2)9-11-5-7-12(15)8-6-11/h5-8,10,13H,3-4,9,16H2,1-2H3,(H,17,18). The maximum atomic E-state index is 11.7. The van der Waals surface area contributed by atoms with Gasteiger partial charge in [0.15, 0.2) is 0 Å². The lowest BCUT2D eigenvalue weighted by atomic mass is 10.1. The van der Waals surface area contributed by atoms with Gasteiger partial charge in [0.25, 0.3) is 0 Å². The fourth-order valence-corrected chi connectivity index (χ4v) is 1.94. The van der Waals surface area contributed by atoms with E-state index < -0.39 is 6.04 Å². The maximum Gasteiger partial charge on any atom is 0.237 e.